The molecule has 0 bridgehead atoms. The maximum Gasteiger partial charge on any atom is 0.257 e. The molecule has 1 atom stereocenters. The van der Waals surface area contributed by atoms with Gasteiger partial charge in [0.1, 0.15) is 17.1 Å². The predicted octanol–water partition coefficient (Wildman–Crippen LogP) is 5.87. The number of carbonyl (C=O) groups is 1. The minimum Gasteiger partial charge on any atom is -0.494 e. The first-order valence-electron chi connectivity index (χ1n) is 9.68. The minimum atomic E-state index is -0.367. The minimum absolute atomic E-state index is 0.250. The zero-order valence-electron chi connectivity index (χ0n) is 16.9. The van der Waals surface area contributed by atoms with Crippen molar-refractivity contribution in [2.24, 2.45) is 0 Å². The summed E-state index contributed by atoms with van der Waals surface area (Å²) in [5.74, 6) is 1.24. The topological polar surface area (TPSA) is 79.9 Å². The van der Waals surface area contributed by atoms with E-state index in [-0.39, 0.29) is 21.9 Å². The average Bonchev–Trinajstić information content (AvgIpc) is 3.19. The fourth-order valence-corrected chi connectivity index (χ4v) is 3.93. The lowest BCUT2D eigenvalue weighted by Gasteiger charge is -2.10. The molecule has 1 amide bonds. The first-order valence-corrected chi connectivity index (χ1v) is 10.4. The van der Waals surface area contributed by atoms with Crippen LogP contribution in [0.4, 0.5) is 5.69 Å². The van der Waals surface area contributed by atoms with Gasteiger partial charge in [0.15, 0.2) is 0 Å². The summed E-state index contributed by atoms with van der Waals surface area (Å²) in [5.41, 5.74) is 3.12. The number of nitrogens with one attached hydrogen (secondary N) is 2. The normalized spacial score (nSPS) is 12.0. The highest BCUT2D eigenvalue weighted by atomic mass is 35.5. The Balaban J connectivity index is 1.69. The second-order valence-corrected chi connectivity index (χ2v) is 7.99. The number of aromatic amines is 1. The summed E-state index contributed by atoms with van der Waals surface area (Å²) < 4.78 is 5.46. The van der Waals surface area contributed by atoms with Crippen LogP contribution in [0, 0.1) is 0 Å². The summed E-state index contributed by atoms with van der Waals surface area (Å²) in [6.45, 7) is 2.14. The van der Waals surface area contributed by atoms with Crippen molar-refractivity contribution >= 4 is 45.8 Å². The van der Waals surface area contributed by atoms with Gasteiger partial charge in [0, 0.05) is 18.8 Å². The number of fused-ring (bicyclic) bond motifs is 1. The van der Waals surface area contributed by atoms with Crippen LogP contribution in [0.2, 0.25) is 10.0 Å². The fourth-order valence-electron chi connectivity index (χ4n) is 3.47. The smallest absolute Gasteiger partial charge is 0.257 e. The number of amides is 1. The molecule has 4 rings (SSSR count). The Hall–Kier alpha value is -3.09. The van der Waals surface area contributed by atoms with E-state index in [0.717, 1.165) is 5.82 Å². The van der Waals surface area contributed by atoms with Crippen LogP contribution in [-0.2, 0) is 6.42 Å². The van der Waals surface area contributed by atoms with Gasteiger partial charge in [-0.15, -0.1) is 0 Å². The first-order chi connectivity index (χ1) is 15.0. The lowest BCUT2D eigenvalue weighted by atomic mass is 9.98. The number of hydrogen-bond donors (Lipinski definition) is 2. The van der Waals surface area contributed by atoms with Crippen LogP contribution in [0.25, 0.3) is 11.0 Å². The molecule has 1 unspecified atom stereocenters. The van der Waals surface area contributed by atoms with Crippen LogP contribution in [0.5, 0.6) is 5.75 Å². The van der Waals surface area contributed by atoms with E-state index in [1.807, 2.05) is 18.2 Å². The van der Waals surface area contributed by atoms with Gasteiger partial charge >= 0.3 is 0 Å². The number of carbonyl (C=O) groups excluding carboxylic acids is 1. The molecule has 4 aromatic rings. The van der Waals surface area contributed by atoms with Crippen LogP contribution >= 0.6 is 23.2 Å². The van der Waals surface area contributed by atoms with Crippen LogP contribution < -0.4 is 10.1 Å². The molecule has 0 fully saturated rings. The Kier molecular flexibility index (Phi) is 6.11. The third kappa shape index (κ3) is 4.36. The van der Waals surface area contributed by atoms with Gasteiger partial charge in [-0.05, 0) is 23.6 Å². The number of hydrogen-bond acceptors (Lipinski definition) is 4. The number of halogens is 2. The molecular weight excluding hydrogens is 435 g/mol. The third-order valence-corrected chi connectivity index (χ3v) is 5.65. The predicted molar refractivity (Wildman–Crippen MR) is 123 cm³/mol. The summed E-state index contributed by atoms with van der Waals surface area (Å²) in [6, 6.07) is 13.6. The van der Waals surface area contributed by atoms with Gasteiger partial charge in [0.05, 0.1) is 33.9 Å². The molecule has 2 N–H and O–H groups in total. The molecule has 2 heterocycles. The van der Waals surface area contributed by atoms with Gasteiger partial charge < -0.3 is 15.0 Å². The molecule has 2 aromatic heterocycles. The van der Waals surface area contributed by atoms with Crippen LogP contribution in [0.15, 0.2) is 54.9 Å². The van der Waals surface area contributed by atoms with Crippen LogP contribution in [0.1, 0.15) is 34.6 Å². The van der Waals surface area contributed by atoms with E-state index in [0.29, 0.717) is 34.5 Å². The van der Waals surface area contributed by atoms with Crippen molar-refractivity contribution in [2.75, 3.05) is 12.4 Å². The highest BCUT2D eigenvalue weighted by molar-refractivity contribution is 6.39. The fraction of sp³-hybridized carbons (Fsp3) is 0.174. The van der Waals surface area contributed by atoms with Gasteiger partial charge in [-0.1, -0.05) is 60.5 Å². The van der Waals surface area contributed by atoms with Crippen LogP contribution in [0.3, 0.4) is 0 Å². The number of nitrogens with zero attached hydrogens (tertiary/aromatic N) is 2. The molecule has 0 aliphatic heterocycles. The number of H-pyrrole nitrogens is 1. The second kappa shape index (κ2) is 8.96. The van der Waals surface area contributed by atoms with E-state index in [4.69, 9.17) is 32.9 Å². The number of rotatable bonds is 6. The van der Waals surface area contributed by atoms with E-state index in [1.54, 1.807) is 19.2 Å². The first kappa shape index (κ1) is 21.2. The van der Waals surface area contributed by atoms with Crippen LogP contribution in [-0.4, -0.2) is 28.0 Å². The van der Waals surface area contributed by atoms with Gasteiger partial charge in [-0.2, -0.15) is 0 Å². The number of ether oxygens (including phenoxy) is 1. The van der Waals surface area contributed by atoms with Crippen molar-refractivity contribution < 1.29 is 9.53 Å². The molecule has 158 valence electrons. The highest BCUT2D eigenvalue weighted by Gasteiger charge is 2.20. The van der Waals surface area contributed by atoms with E-state index in [2.05, 4.69) is 34.3 Å². The zero-order valence-corrected chi connectivity index (χ0v) is 18.5. The number of benzene rings is 2. The largest absolute Gasteiger partial charge is 0.494 e. The molecule has 0 saturated heterocycles. The number of methoxy groups -OCH3 is 1. The van der Waals surface area contributed by atoms with Crippen molar-refractivity contribution in [1.82, 2.24) is 15.0 Å². The monoisotopic (exact) mass is 454 g/mol. The average molecular weight is 455 g/mol. The third-order valence-electron chi connectivity index (χ3n) is 5.08. The van der Waals surface area contributed by atoms with E-state index >= 15 is 0 Å². The molecule has 2 aromatic carbocycles. The highest BCUT2D eigenvalue weighted by Crippen LogP contribution is 2.32. The maximum atomic E-state index is 13.0. The van der Waals surface area contributed by atoms with E-state index in [1.165, 1.54) is 18.0 Å². The summed E-state index contributed by atoms with van der Waals surface area (Å²) in [4.78, 5) is 25.0. The molecule has 0 saturated carbocycles. The van der Waals surface area contributed by atoms with E-state index in [9.17, 15) is 4.79 Å². The Labute approximate surface area is 189 Å². The Bertz CT molecular complexity index is 1220. The Morgan fingerprint density at radius 3 is 2.52 bits per heavy atom. The molecule has 0 aliphatic rings. The SMILES string of the molecule is COc1ccc(C(=O)Nc2c(Cl)cncc2Cl)c2[nH]c(CC(C)c3ccccc3)nc12. The summed E-state index contributed by atoms with van der Waals surface area (Å²) in [7, 11) is 1.58. The number of imidazole rings is 1. The Morgan fingerprint density at radius 2 is 1.84 bits per heavy atom. The van der Waals surface area contributed by atoms with Gasteiger partial charge in [-0.25, -0.2) is 4.98 Å². The lowest BCUT2D eigenvalue weighted by molar-refractivity contribution is 0.102. The zero-order chi connectivity index (χ0) is 22.0. The van der Waals surface area contributed by atoms with Crippen molar-refractivity contribution in [1.29, 1.82) is 0 Å². The maximum absolute atomic E-state index is 13.0. The standard InChI is InChI=1S/C23H20Cl2N4O2/c1-13(14-6-4-3-5-7-14)10-19-27-20-15(8-9-18(31-2)22(20)28-19)23(30)29-21-16(24)11-26-12-17(21)25/h3-9,11-13H,10H2,1-2H3,(H,27,28)(H,26,29,30). The molecule has 0 aliphatic carbocycles. The molecular formula is C23H20Cl2N4O2. The van der Waals surface area contributed by atoms with Crippen molar-refractivity contribution in [3.63, 3.8) is 0 Å². The number of aromatic nitrogens is 3. The van der Waals surface area contributed by atoms with Gasteiger partial charge in [0.2, 0.25) is 0 Å². The molecule has 0 spiro atoms. The van der Waals surface area contributed by atoms with Crippen molar-refractivity contribution in [3.05, 3.63) is 81.9 Å². The summed E-state index contributed by atoms with van der Waals surface area (Å²) >= 11 is 12.3. The summed E-state index contributed by atoms with van der Waals surface area (Å²) in [6.07, 6.45) is 3.53. The summed E-state index contributed by atoms with van der Waals surface area (Å²) in [5, 5.41) is 3.28. The molecule has 6 nitrogen and oxygen atoms in total. The lowest BCUT2D eigenvalue weighted by Crippen LogP contribution is -2.13. The molecule has 8 heteroatoms. The quantitative estimate of drug-likeness (QED) is 0.381. The van der Waals surface area contributed by atoms with E-state index < -0.39 is 0 Å². The van der Waals surface area contributed by atoms with Crippen molar-refractivity contribution in [2.45, 2.75) is 19.3 Å². The molecule has 31 heavy (non-hydrogen) atoms. The number of pyridine rings is 1. The van der Waals surface area contributed by atoms with Gasteiger partial charge in [0.25, 0.3) is 5.91 Å². The Morgan fingerprint density at radius 1 is 1.13 bits per heavy atom. The molecule has 0 radical (unpaired) electrons. The number of anilines is 1. The second-order valence-electron chi connectivity index (χ2n) is 7.17. The van der Waals surface area contributed by atoms with Crippen molar-refractivity contribution in [3.8, 4) is 5.75 Å². The van der Waals surface area contributed by atoms with Gasteiger partial charge in [-0.3, -0.25) is 9.78 Å².